The summed E-state index contributed by atoms with van der Waals surface area (Å²) >= 11 is 0. The highest BCUT2D eigenvalue weighted by atomic mass is 16.2. The van der Waals surface area contributed by atoms with E-state index in [0.717, 1.165) is 28.9 Å². The first-order valence-corrected chi connectivity index (χ1v) is 7.44. The lowest BCUT2D eigenvalue weighted by Crippen LogP contribution is -2.39. The summed E-state index contributed by atoms with van der Waals surface area (Å²) in [4.78, 5) is 38.7. The highest BCUT2D eigenvalue weighted by Gasteiger charge is 2.44. The molecule has 6 heteroatoms. The van der Waals surface area contributed by atoms with E-state index in [2.05, 4.69) is 5.32 Å². The van der Waals surface area contributed by atoms with Crippen molar-refractivity contribution in [3.8, 4) is 0 Å². The van der Waals surface area contributed by atoms with Crippen molar-refractivity contribution < 1.29 is 14.4 Å². The topological polar surface area (TPSA) is 69.7 Å². The van der Waals surface area contributed by atoms with Gasteiger partial charge >= 0.3 is 6.03 Å². The van der Waals surface area contributed by atoms with Gasteiger partial charge in [0.25, 0.3) is 5.91 Å². The second-order valence-electron chi connectivity index (χ2n) is 5.97. The van der Waals surface area contributed by atoms with Crippen LogP contribution in [0.25, 0.3) is 0 Å². The molecule has 116 valence electrons. The van der Waals surface area contributed by atoms with Gasteiger partial charge in [-0.25, -0.2) is 4.79 Å². The summed E-state index contributed by atoms with van der Waals surface area (Å²) in [5.41, 5.74) is 2.89. The Balaban J connectivity index is 1.62. The summed E-state index contributed by atoms with van der Waals surface area (Å²) in [6.45, 7) is 3.83. The fraction of sp³-hybridized carbons (Fsp3) is 0.438. The zero-order valence-corrected chi connectivity index (χ0v) is 12.8. The quantitative estimate of drug-likeness (QED) is 0.860. The Morgan fingerprint density at radius 1 is 1.23 bits per heavy atom. The number of aryl methyl sites for hydroxylation is 2. The van der Waals surface area contributed by atoms with Gasteiger partial charge in [0.1, 0.15) is 13.1 Å². The lowest BCUT2D eigenvalue weighted by molar-refractivity contribution is -0.129. The normalized spacial score (nSPS) is 18.1. The summed E-state index contributed by atoms with van der Waals surface area (Å²) in [6.07, 6.45) is 1.89. The van der Waals surface area contributed by atoms with Crippen molar-refractivity contribution in [1.82, 2.24) is 9.80 Å². The standard InChI is InChI=1S/C16H19N3O3/c1-10-3-4-12(7-11(10)2)17-14(20)8-19-15(21)9-18(16(19)22)13-5-6-13/h3-4,7,13H,5-6,8-9H2,1-2H3,(H,17,20). The molecule has 1 saturated carbocycles. The molecule has 1 N–H and O–H groups in total. The number of hydrogen-bond donors (Lipinski definition) is 1. The molecule has 4 amide bonds. The summed E-state index contributed by atoms with van der Waals surface area (Å²) in [7, 11) is 0. The van der Waals surface area contributed by atoms with E-state index in [1.807, 2.05) is 32.0 Å². The SMILES string of the molecule is Cc1ccc(NC(=O)CN2C(=O)CN(C3CC3)C2=O)cc1C. The maximum atomic E-state index is 12.1. The van der Waals surface area contributed by atoms with Crippen molar-refractivity contribution in [3.05, 3.63) is 29.3 Å². The first kappa shape index (κ1) is 14.6. The van der Waals surface area contributed by atoms with Crippen LogP contribution >= 0.6 is 0 Å². The Labute approximate surface area is 129 Å². The van der Waals surface area contributed by atoms with Gasteiger partial charge in [0.2, 0.25) is 5.91 Å². The summed E-state index contributed by atoms with van der Waals surface area (Å²) in [5.74, 6) is -0.658. The summed E-state index contributed by atoms with van der Waals surface area (Å²) in [6, 6.07) is 5.44. The lowest BCUT2D eigenvalue weighted by Gasteiger charge is -2.16. The van der Waals surface area contributed by atoms with Crippen molar-refractivity contribution in [2.24, 2.45) is 0 Å². The van der Waals surface area contributed by atoms with E-state index in [0.29, 0.717) is 5.69 Å². The first-order valence-electron chi connectivity index (χ1n) is 7.44. The number of hydrogen-bond acceptors (Lipinski definition) is 3. The molecule has 1 aliphatic carbocycles. The minimum atomic E-state index is -0.359. The second kappa shape index (κ2) is 5.44. The first-order chi connectivity index (χ1) is 10.5. The Morgan fingerprint density at radius 3 is 2.59 bits per heavy atom. The van der Waals surface area contributed by atoms with E-state index in [9.17, 15) is 14.4 Å². The van der Waals surface area contributed by atoms with Gasteiger partial charge in [-0.15, -0.1) is 0 Å². The van der Waals surface area contributed by atoms with Crippen LogP contribution in [0.3, 0.4) is 0 Å². The number of nitrogens with one attached hydrogen (secondary N) is 1. The van der Waals surface area contributed by atoms with Crippen LogP contribution in [0.2, 0.25) is 0 Å². The van der Waals surface area contributed by atoms with E-state index in [1.54, 1.807) is 4.90 Å². The predicted molar refractivity (Wildman–Crippen MR) is 81.4 cm³/mol. The molecule has 0 spiro atoms. The van der Waals surface area contributed by atoms with Crippen LogP contribution < -0.4 is 5.32 Å². The third-order valence-electron chi connectivity index (χ3n) is 4.16. The molecule has 2 fully saturated rings. The highest BCUT2D eigenvalue weighted by Crippen LogP contribution is 2.30. The van der Waals surface area contributed by atoms with E-state index >= 15 is 0 Å². The maximum absolute atomic E-state index is 12.1. The molecule has 1 aliphatic heterocycles. The Bertz CT molecular complexity index is 652. The van der Waals surface area contributed by atoms with Gasteiger partial charge in [0.15, 0.2) is 0 Å². The molecule has 22 heavy (non-hydrogen) atoms. The van der Waals surface area contributed by atoms with Crippen LogP contribution in [0.1, 0.15) is 24.0 Å². The zero-order chi connectivity index (χ0) is 15.9. The van der Waals surface area contributed by atoms with Crippen LogP contribution in [-0.2, 0) is 9.59 Å². The van der Waals surface area contributed by atoms with Gasteiger partial charge in [0, 0.05) is 11.7 Å². The van der Waals surface area contributed by atoms with Crippen LogP contribution in [0.4, 0.5) is 10.5 Å². The monoisotopic (exact) mass is 301 g/mol. The molecule has 6 nitrogen and oxygen atoms in total. The van der Waals surface area contributed by atoms with E-state index in [4.69, 9.17) is 0 Å². The van der Waals surface area contributed by atoms with Crippen molar-refractivity contribution in [2.75, 3.05) is 18.4 Å². The number of rotatable bonds is 4. The average molecular weight is 301 g/mol. The molecule has 1 heterocycles. The molecule has 2 aliphatic rings. The number of nitrogens with zero attached hydrogens (tertiary/aromatic N) is 2. The second-order valence-corrected chi connectivity index (χ2v) is 5.97. The number of anilines is 1. The molecule has 1 saturated heterocycles. The minimum absolute atomic E-state index is 0.0976. The number of carbonyl (C=O) groups excluding carboxylic acids is 3. The summed E-state index contributed by atoms with van der Waals surface area (Å²) < 4.78 is 0. The number of carbonyl (C=O) groups is 3. The number of benzene rings is 1. The van der Waals surface area contributed by atoms with Gasteiger partial charge in [0.05, 0.1) is 0 Å². The molecule has 3 rings (SSSR count). The molecule has 0 unspecified atom stereocenters. The van der Waals surface area contributed by atoms with Crippen molar-refractivity contribution in [2.45, 2.75) is 32.7 Å². The predicted octanol–water partition coefficient (Wildman–Crippen LogP) is 1.67. The van der Waals surface area contributed by atoms with Crippen molar-refractivity contribution >= 4 is 23.5 Å². The number of amides is 4. The largest absolute Gasteiger partial charge is 0.327 e. The Kier molecular flexibility index (Phi) is 3.60. The van der Waals surface area contributed by atoms with Crippen LogP contribution in [0.5, 0.6) is 0 Å². The third-order valence-corrected chi connectivity index (χ3v) is 4.16. The van der Waals surface area contributed by atoms with Gasteiger partial charge in [-0.1, -0.05) is 6.07 Å². The van der Waals surface area contributed by atoms with Crippen molar-refractivity contribution in [1.29, 1.82) is 0 Å². The van der Waals surface area contributed by atoms with Gasteiger partial charge in [-0.05, 0) is 49.9 Å². The molecule has 1 aromatic rings. The van der Waals surface area contributed by atoms with Crippen LogP contribution in [0, 0.1) is 13.8 Å². The van der Waals surface area contributed by atoms with E-state index in [-0.39, 0.29) is 37.0 Å². The molecular formula is C16H19N3O3. The summed E-state index contributed by atoms with van der Waals surface area (Å²) in [5, 5.41) is 2.73. The highest BCUT2D eigenvalue weighted by molar-refractivity contribution is 6.06. The third kappa shape index (κ3) is 2.81. The number of imide groups is 1. The van der Waals surface area contributed by atoms with E-state index in [1.165, 1.54) is 0 Å². The average Bonchev–Trinajstić information content (AvgIpc) is 3.26. The Hall–Kier alpha value is -2.37. The minimum Gasteiger partial charge on any atom is -0.325 e. The molecule has 1 aromatic carbocycles. The smallest absolute Gasteiger partial charge is 0.325 e. The fourth-order valence-electron chi connectivity index (χ4n) is 2.55. The van der Waals surface area contributed by atoms with Crippen molar-refractivity contribution in [3.63, 3.8) is 0 Å². The Morgan fingerprint density at radius 2 is 1.95 bits per heavy atom. The fourth-order valence-corrected chi connectivity index (χ4v) is 2.55. The van der Waals surface area contributed by atoms with Gasteiger partial charge in [-0.3, -0.25) is 14.5 Å². The molecular weight excluding hydrogens is 282 g/mol. The molecule has 0 radical (unpaired) electrons. The van der Waals surface area contributed by atoms with E-state index < -0.39 is 0 Å². The van der Waals surface area contributed by atoms with Gasteiger partial charge in [-0.2, -0.15) is 0 Å². The maximum Gasteiger partial charge on any atom is 0.327 e. The lowest BCUT2D eigenvalue weighted by atomic mass is 10.1. The molecule has 0 atom stereocenters. The zero-order valence-electron chi connectivity index (χ0n) is 12.8. The van der Waals surface area contributed by atoms with Gasteiger partial charge < -0.3 is 10.2 Å². The number of urea groups is 1. The van der Waals surface area contributed by atoms with Crippen LogP contribution in [0.15, 0.2) is 18.2 Å². The van der Waals surface area contributed by atoms with Crippen LogP contribution in [-0.4, -0.2) is 46.8 Å². The molecule has 0 bridgehead atoms. The molecule has 0 aromatic heterocycles.